The van der Waals surface area contributed by atoms with Crippen molar-refractivity contribution in [2.45, 2.75) is 38.0 Å². The summed E-state index contributed by atoms with van der Waals surface area (Å²) in [5.41, 5.74) is 3.56. The summed E-state index contributed by atoms with van der Waals surface area (Å²) in [4.78, 5) is 18.7. The number of tetrazole rings is 1. The third-order valence-electron chi connectivity index (χ3n) is 6.81. The molecule has 1 saturated heterocycles. The van der Waals surface area contributed by atoms with Crippen LogP contribution in [0.1, 0.15) is 35.8 Å². The van der Waals surface area contributed by atoms with Gasteiger partial charge in [0.05, 0.1) is 19.8 Å². The van der Waals surface area contributed by atoms with Crippen molar-refractivity contribution in [2.24, 2.45) is 0 Å². The topological polar surface area (TPSA) is 98.2 Å². The Morgan fingerprint density at radius 2 is 2.15 bits per heavy atom. The molecule has 1 fully saturated rings. The Morgan fingerprint density at radius 1 is 1.24 bits per heavy atom. The van der Waals surface area contributed by atoms with Crippen LogP contribution < -0.4 is 15.2 Å². The van der Waals surface area contributed by atoms with Crippen LogP contribution in [-0.4, -0.2) is 51.6 Å². The molecule has 2 aliphatic heterocycles. The van der Waals surface area contributed by atoms with E-state index in [1.54, 1.807) is 11.8 Å². The molecule has 2 aromatic heterocycles. The predicted molar refractivity (Wildman–Crippen MR) is 127 cm³/mol. The molecule has 1 N–H and O–H groups in total. The lowest BCUT2D eigenvalue weighted by molar-refractivity contribution is 0.0924. The van der Waals surface area contributed by atoms with Gasteiger partial charge in [0, 0.05) is 35.3 Å². The van der Waals surface area contributed by atoms with Crippen LogP contribution in [0.4, 0.5) is 5.69 Å². The fourth-order valence-corrected chi connectivity index (χ4v) is 5.13. The van der Waals surface area contributed by atoms with Crippen molar-refractivity contribution in [1.82, 2.24) is 25.2 Å². The molecule has 0 amide bonds. The Bertz CT molecular complexity index is 1390. The van der Waals surface area contributed by atoms with E-state index < -0.39 is 6.04 Å². The highest BCUT2D eigenvalue weighted by molar-refractivity contribution is 5.81. The first kappa shape index (κ1) is 20.9. The zero-order valence-electron chi connectivity index (χ0n) is 19.0. The third-order valence-corrected chi connectivity index (χ3v) is 6.81. The number of aromatic amines is 1. The van der Waals surface area contributed by atoms with Crippen molar-refractivity contribution in [1.29, 1.82) is 0 Å². The lowest BCUT2D eigenvalue weighted by Gasteiger charge is -2.29. The number of aromatic nitrogens is 5. The van der Waals surface area contributed by atoms with E-state index in [0.29, 0.717) is 17.9 Å². The number of benzene rings is 2. The average Bonchev–Trinajstić information content (AvgIpc) is 3.62. The van der Waals surface area contributed by atoms with E-state index in [4.69, 9.17) is 9.47 Å². The molecule has 0 unspecified atom stereocenters. The number of anilines is 1. The van der Waals surface area contributed by atoms with Crippen LogP contribution in [0.2, 0.25) is 0 Å². The SMILES string of the molecule is COc1ccc2[nH]c(=O)c([C@@H](c3nnnn3C[C@H]3CCCO3)N3CCc4ccccc43)cc2c1. The van der Waals surface area contributed by atoms with Crippen molar-refractivity contribution in [3.05, 3.63) is 75.8 Å². The summed E-state index contributed by atoms with van der Waals surface area (Å²) in [6.45, 7) is 2.09. The first-order valence-corrected chi connectivity index (χ1v) is 11.6. The van der Waals surface area contributed by atoms with Gasteiger partial charge in [-0.15, -0.1) is 5.10 Å². The van der Waals surface area contributed by atoms with Gasteiger partial charge in [0.1, 0.15) is 11.8 Å². The van der Waals surface area contributed by atoms with Gasteiger partial charge < -0.3 is 19.4 Å². The number of methoxy groups -OCH3 is 1. The second kappa shape index (κ2) is 8.57. The molecule has 4 heterocycles. The summed E-state index contributed by atoms with van der Waals surface area (Å²) in [7, 11) is 1.64. The van der Waals surface area contributed by atoms with Gasteiger partial charge in [0.15, 0.2) is 5.82 Å². The van der Waals surface area contributed by atoms with E-state index in [9.17, 15) is 4.79 Å². The molecule has 0 aliphatic carbocycles. The Morgan fingerprint density at radius 3 is 3.00 bits per heavy atom. The van der Waals surface area contributed by atoms with E-state index in [-0.39, 0.29) is 11.7 Å². The molecular formula is C25H26N6O3. The van der Waals surface area contributed by atoms with Gasteiger partial charge in [-0.2, -0.15) is 0 Å². The van der Waals surface area contributed by atoms with Crippen molar-refractivity contribution in [3.8, 4) is 5.75 Å². The number of para-hydroxylation sites is 1. The number of fused-ring (bicyclic) bond motifs is 2. The third kappa shape index (κ3) is 3.62. The standard InChI is InChI=1S/C25H26N6O3/c1-33-18-8-9-21-17(13-18)14-20(25(32)26-21)23(30-11-10-16-5-2-3-7-22(16)30)24-27-28-29-31(24)15-19-6-4-12-34-19/h2-3,5,7-9,13-14,19,23H,4,6,10-12,15H2,1H3,(H,26,32)/t19-,23+/m1/s1. The van der Waals surface area contributed by atoms with Crippen LogP contribution in [0, 0.1) is 0 Å². The Hall–Kier alpha value is -3.72. The lowest BCUT2D eigenvalue weighted by Crippen LogP contribution is -2.35. The maximum atomic E-state index is 13.4. The van der Waals surface area contributed by atoms with Crippen molar-refractivity contribution in [2.75, 3.05) is 25.2 Å². The van der Waals surface area contributed by atoms with E-state index >= 15 is 0 Å². The summed E-state index contributed by atoms with van der Waals surface area (Å²) < 4.78 is 13.1. The van der Waals surface area contributed by atoms with Crippen LogP contribution in [0.5, 0.6) is 5.75 Å². The van der Waals surface area contributed by atoms with E-state index in [2.05, 4.69) is 37.5 Å². The molecule has 0 spiro atoms. The minimum absolute atomic E-state index is 0.0768. The minimum atomic E-state index is -0.445. The van der Waals surface area contributed by atoms with Crippen LogP contribution in [0.15, 0.2) is 53.3 Å². The lowest BCUT2D eigenvalue weighted by atomic mass is 10.0. The summed E-state index contributed by atoms with van der Waals surface area (Å²) >= 11 is 0. The monoisotopic (exact) mass is 458 g/mol. The smallest absolute Gasteiger partial charge is 0.254 e. The highest BCUT2D eigenvalue weighted by atomic mass is 16.5. The molecule has 2 aromatic carbocycles. The number of rotatable bonds is 6. The molecule has 6 rings (SSSR count). The molecule has 4 aromatic rings. The second-order valence-electron chi connectivity index (χ2n) is 8.84. The maximum absolute atomic E-state index is 13.4. The van der Waals surface area contributed by atoms with Crippen LogP contribution in [-0.2, 0) is 17.7 Å². The van der Waals surface area contributed by atoms with Gasteiger partial charge >= 0.3 is 0 Å². The number of hydrogen-bond donors (Lipinski definition) is 1. The number of nitrogens with zero attached hydrogens (tertiary/aromatic N) is 5. The van der Waals surface area contributed by atoms with E-state index in [1.165, 1.54) is 5.56 Å². The molecule has 2 aliphatic rings. The van der Waals surface area contributed by atoms with Crippen LogP contribution >= 0.6 is 0 Å². The van der Waals surface area contributed by atoms with Gasteiger partial charge in [0.25, 0.3) is 5.56 Å². The average molecular weight is 459 g/mol. The maximum Gasteiger partial charge on any atom is 0.254 e. The minimum Gasteiger partial charge on any atom is -0.497 e. The molecule has 9 heteroatoms. The molecule has 0 saturated carbocycles. The highest BCUT2D eigenvalue weighted by Gasteiger charge is 2.35. The summed E-state index contributed by atoms with van der Waals surface area (Å²) in [5, 5.41) is 13.6. The molecule has 2 atom stereocenters. The molecule has 0 radical (unpaired) electrons. The first-order chi connectivity index (χ1) is 16.7. The van der Waals surface area contributed by atoms with Crippen molar-refractivity contribution < 1.29 is 9.47 Å². The highest BCUT2D eigenvalue weighted by Crippen LogP contribution is 2.37. The zero-order chi connectivity index (χ0) is 23.1. The van der Waals surface area contributed by atoms with Crippen LogP contribution in [0.25, 0.3) is 10.9 Å². The van der Waals surface area contributed by atoms with Gasteiger partial charge in [-0.3, -0.25) is 4.79 Å². The Labute approximate surface area is 196 Å². The normalized spacial score (nSPS) is 18.4. The van der Waals surface area contributed by atoms with Gasteiger partial charge in [0.2, 0.25) is 0 Å². The van der Waals surface area contributed by atoms with E-state index in [1.807, 2.05) is 36.4 Å². The summed E-state index contributed by atoms with van der Waals surface area (Å²) in [6, 6.07) is 15.4. The Kier molecular flexibility index (Phi) is 5.26. The summed E-state index contributed by atoms with van der Waals surface area (Å²) in [5.74, 6) is 1.37. The van der Waals surface area contributed by atoms with Crippen LogP contribution in [0.3, 0.4) is 0 Å². The predicted octanol–water partition coefficient (Wildman–Crippen LogP) is 2.85. The zero-order valence-corrected chi connectivity index (χ0v) is 19.0. The Balaban J connectivity index is 1.51. The fraction of sp³-hybridized carbons (Fsp3) is 0.360. The fourth-order valence-electron chi connectivity index (χ4n) is 5.13. The first-order valence-electron chi connectivity index (χ1n) is 11.6. The van der Waals surface area contributed by atoms with Gasteiger partial charge in [-0.25, -0.2) is 4.68 Å². The second-order valence-corrected chi connectivity index (χ2v) is 8.84. The van der Waals surface area contributed by atoms with Crippen molar-refractivity contribution >= 4 is 16.6 Å². The number of H-pyrrole nitrogens is 1. The molecular weight excluding hydrogens is 432 g/mol. The number of hydrogen-bond acceptors (Lipinski definition) is 7. The molecule has 0 bridgehead atoms. The number of ether oxygens (including phenoxy) is 2. The van der Waals surface area contributed by atoms with Gasteiger partial charge in [-0.1, -0.05) is 18.2 Å². The summed E-state index contributed by atoms with van der Waals surface area (Å²) in [6.07, 6.45) is 3.00. The van der Waals surface area contributed by atoms with E-state index in [0.717, 1.165) is 54.8 Å². The largest absolute Gasteiger partial charge is 0.497 e. The molecule has 9 nitrogen and oxygen atoms in total. The molecule has 174 valence electrons. The quantitative estimate of drug-likeness (QED) is 0.474. The van der Waals surface area contributed by atoms with Gasteiger partial charge in [-0.05, 0) is 65.6 Å². The number of pyridine rings is 1. The van der Waals surface area contributed by atoms with Crippen molar-refractivity contribution in [3.63, 3.8) is 0 Å². The molecule has 34 heavy (non-hydrogen) atoms. The number of nitrogens with one attached hydrogen (secondary N) is 1.